The maximum absolute atomic E-state index is 2.87. The van der Waals surface area contributed by atoms with Crippen LogP contribution >= 0.6 is 0 Å². The van der Waals surface area contributed by atoms with Gasteiger partial charge in [0.2, 0.25) is 0 Å². The Hall–Kier alpha value is -0.0800. The molecule has 3 rings (SSSR count). The van der Waals surface area contributed by atoms with Crippen LogP contribution < -0.4 is 0 Å². The van der Waals surface area contributed by atoms with Crippen molar-refractivity contribution in [2.75, 3.05) is 26.2 Å². The van der Waals surface area contributed by atoms with E-state index in [0.29, 0.717) is 5.41 Å². The molecule has 0 bridgehead atoms. The van der Waals surface area contributed by atoms with Gasteiger partial charge in [0.05, 0.1) is 0 Å². The van der Waals surface area contributed by atoms with Crippen molar-refractivity contribution in [1.82, 2.24) is 9.80 Å². The van der Waals surface area contributed by atoms with Gasteiger partial charge in [0.25, 0.3) is 0 Å². The van der Waals surface area contributed by atoms with E-state index < -0.39 is 0 Å². The second-order valence-corrected chi connectivity index (χ2v) is 7.65. The fraction of sp³-hybridized carbons (Fsp3) is 1.00. The lowest BCUT2D eigenvalue weighted by Crippen LogP contribution is -2.57. The molecule has 0 aromatic rings. The van der Waals surface area contributed by atoms with Crippen LogP contribution in [0.4, 0.5) is 0 Å². The van der Waals surface area contributed by atoms with Gasteiger partial charge in [0.15, 0.2) is 0 Å². The van der Waals surface area contributed by atoms with Crippen LogP contribution in [0.15, 0.2) is 0 Å². The van der Waals surface area contributed by atoms with Gasteiger partial charge in [-0.05, 0) is 44.1 Å². The van der Waals surface area contributed by atoms with Gasteiger partial charge in [-0.1, -0.05) is 33.1 Å². The Bertz CT molecular complexity index is 296. The van der Waals surface area contributed by atoms with Gasteiger partial charge in [-0.25, -0.2) is 0 Å². The normalized spacial score (nSPS) is 36.3. The summed E-state index contributed by atoms with van der Waals surface area (Å²) in [6, 6.07) is 1.71. The van der Waals surface area contributed by atoms with E-state index >= 15 is 0 Å². The minimum Gasteiger partial charge on any atom is -0.298 e. The molecule has 2 unspecified atom stereocenters. The zero-order valence-corrected chi connectivity index (χ0v) is 13.0. The Kier molecular flexibility index (Phi) is 4.19. The molecular formula is C17H32N2. The summed E-state index contributed by atoms with van der Waals surface area (Å²) < 4.78 is 0. The minimum absolute atomic E-state index is 0.618. The standard InChI is InChI=1S/C17H32N2/c1-3-15-12-18-11-7-8-16(18)13-19(15)14-17(2)9-5-4-6-10-17/h15-16H,3-14H2,1-2H3. The quantitative estimate of drug-likeness (QED) is 0.769. The number of hydrogen-bond donors (Lipinski definition) is 0. The van der Waals surface area contributed by atoms with Crippen LogP contribution in [-0.2, 0) is 0 Å². The molecule has 0 radical (unpaired) electrons. The highest BCUT2D eigenvalue weighted by Crippen LogP contribution is 2.38. The van der Waals surface area contributed by atoms with Crippen molar-refractivity contribution in [2.24, 2.45) is 5.41 Å². The minimum atomic E-state index is 0.618. The van der Waals surface area contributed by atoms with Crippen LogP contribution in [-0.4, -0.2) is 48.1 Å². The molecule has 0 aromatic heterocycles. The van der Waals surface area contributed by atoms with Gasteiger partial charge in [-0.15, -0.1) is 0 Å². The van der Waals surface area contributed by atoms with E-state index in [9.17, 15) is 0 Å². The van der Waals surface area contributed by atoms with E-state index in [1.165, 1.54) is 77.5 Å². The van der Waals surface area contributed by atoms with E-state index in [2.05, 4.69) is 23.6 Å². The first-order valence-electron chi connectivity index (χ1n) is 8.68. The molecule has 2 saturated heterocycles. The highest BCUT2D eigenvalue weighted by molar-refractivity contribution is 4.94. The fourth-order valence-corrected chi connectivity index (χ4v) is 4.78. The summed E-state index contributed by atoms with van der Waals surface area (Å²) in [4.78, 5) is 5.64. The molecule has 1 aliphatic carbocycles. The van der Waals surface area contributed by atoms with Gasteiger partial charge in [0.1, 0.15) is 0 Å². The van der Waals surface area contributed by atoms with Crippen molar-refractivity contribution >= 4 is 0 Å². The van der Waals surface area contributed by atoms with Gasteiger partial charge in [-0.2, -0.15) is 0 Å². The lowest BCUT2D eigenvalue weighted by Gasteiger charge is -2.48. The molecule has 110 valence electrons. The summed E-state index contributed by atoms with van der Waals surface area (Å²) in [6.07, 6.45) is 11.6. The fourth-order valence-electron chi connectivity index (χ4n) is 4.78. The maximum atomic E-state index is 2.87. The number of piperazine rings is 1. The smallest absolute Gasteiger partial charge is 0.0224 e. The Morgan fingerprint density at radius 1 is 1.05 bits per heavy atom. The van der Waals surface area contributed by atoms with E-state index in [-0.39, 0.29) is 0 Å². The third-order valence-electron chi connectivity index (χ3n) is 6.02. The second kappa shape index (κ2) is 5.73. The van der Waals surface area contributed by atoms with E-state index in [1.54, 1.807) is 0 Å². The predicted molar refractivity (Wildman–Crippen MR) is 81.4 cm³/mol. The molecular weight excluding hydrogens is 232 g/mol. The molecule has 0 amide bonds. The van der Waals surface area contributed by atoms with E-state index in [4.69, 9.17) is 0 Å². The van der Waals surface area contributed by atoms with Crippen molar-refractivity contribution in [3.8, 4) is 0 Å². The van der Waals surface area contributed by atoms with Crippen molar-refractivity contribution < 1.29 is 0 Å². The third-order valence-corrected chi connectivity index (χ3v) is 6.02. The lowest BCUT2D eigenvalue weighted by molar-refractivity contribution is 0.0112. The molecule has 2 heterocycles. The highest BCUT2D eigenvalue weighted by Gasteiger charge is 2.38. The first kappa shape index (κ1) is 13.9. The second-order valence-electron chi connectivity index (χ2n) is 7.65. The summed E-state index contributed by atoms with van der Waals surface area (Å²) in [5, 5.41) is 0. The number of fused-ring (bicyclic) bond motifs is 1. The average molecular weight is 264 g/mol. The molecule has 2 heteroatoms. The van der Waals surface area contributed by atoms with Crippen LogP contribution in [0.1, 0.15) is 65.2 Å². The summed E-state index contributed by atoms with van der Waals surface area (Å²) in [7, 11) is 0. The number of nitrogens with zero attached hydrogens (tertiary/aromatic N) is 2. The van der Waals surface area contributed by atoms with E-state index in [1.807, 2.05) is 0 Å². The Morgan fingerprint density at radius 2 is 1.84 bits per heavy atom. The Balaban J connectivity index is 1.64. The van der Waals surface area contributed by atoms with Crippen molar-refractivity contribution in [3.63, 3.8) is 0 Å². The molecule has 2 aliphatic heterocycles. The predicted octanol–water partition coefficient (Wildman–Crippen LogP) is 3.52. The molecule has 0 N–H and O–H groups in total. The largest absolute Gasteiger partial charge is 0.298 e. The average Bonchev–Trinajstić information content (AvgIpc) is 2.85. The van der Waals surface area contributed by atoms with Gasteiger partial charge in [-0.3, -0.25) is 9.80 Å². The third kappa shape index (κ3) is 3.00. The first-order valence-corrected chi connectivity index (χ1v) is 8.68. The Labute approximate surface area is 119 Å². The summed E-state index contributed by atoms with van der Waals surface area (Å²) in [5.41, 5.74) is 0.618. The van der Waals surface area contributed by atoms with Crippen LogP contribution in [0, 0.1) is 5.41 Å². The van der Waals surface area contributed by atoms with Crippen LogP contribution in [0.5, 0.6) is 0 Å². The maximum Gasteiger partial charge on any atom is 0.0224 e. The van der Waals surface area contributed by atoms with Gasteiger partial charge < -0.3 is 0 Å². The molecule has 2 atom stereocenters. The Morgan fingerprint density at radius 3 is 2.58 bits per heavy atom. The SMILES string of the molecule is CCC1CN2CCCC2CN1CC1(C)CCCCC1. The summed E-state index contributed by atoms with van der Waals surface area (Å²) in [5.74, 6) is 0. The topological polar surface area (TPSA) is 6.48 Å². The van der Waals surface area contributed by atoms with Crippen LogP contribution in [0.2, 0.25) is 0 Å². The molecule has 19 heavy (non-hydrogen) atoms. The van der Waals surface area contributed by atoms with Gasteiger partial charge in [0, 0.05) is 31.7 Å². The van der Waals surface area contributed by atoms with Crippen molar-refractivity contribution in [3.05, 3.63) is 0 Å². The summed E-state index contributed by atoms with van der Waals surface area (Å²) >= 11 is 0. The van der Waals surface area contributed by atoms with E-state index in [0.717, 1.165) is 12.1 Å². The van der Waals surface area contributed by atoms with Crippen molar-refractivity contribution in [1.29, 1.82) is 0 Å². The number of hydrogen-bond acceptors (Lipinski definition) is 2. The molecule has 3 fully saturated rings. The molecule has 2 nitrogen and oxygen atoms in total. The highest BCUT2D eigenvalue weighted by atomic mass is 15.3. The number of rotatable bonds is 3. The zero-order valence-electron chi connectivity index (χ0n) is 13.0. The van der Waals surface area contributed by atoms with Crippen molar-refractivity contribution in [2.45, 2.75) is 77.3 Å². The van der Waals surface area contributed by atoms with Crippen LogP contribution in [0.3, 0.4) is 0 Å². The summed E-state index contributed by atoms with van der Waals surface area (Å²) in [6.45, 7) is 10.4. The van der Waals surface area contributed by atoms with Crippen LogP contribution in [0.25, 0.3) is 0 Å². The molecule has 0 spiro atoms. The monoisotopic (exact) mass is 264 g/mol. The lowest BCUT2D eigenvalue weighted by atomic mass is 9.75. The van der Waals surface area contributed by atoms with Gasteiger partial charge >= 0.3 is 0 Å². The molecule has 3 aliphatic rings. The molecule has 0 aromatic carbocycles. The first-order chi connectivity index (χ1) is 9.20. The molecule has 1 saturated carbocycles. The zero-order chi connectivity index (χ0) is 13.3.